The molecule has 2 aromatic carbocycles. The fraction of sp³-hybridized carbons (Fsp3) is 0.304. The molecule has 0 saturated heterocycles. The molecule has 1 aliphatic heterocycles. The number of anilines is 2. The molecule has 6 nitrogen and oxygen atoms in total. The van der Waals surface area contributed by atoms with Crippen LogP contribution in [0.3, 0.4) is 0 Å². The fourth-order valence-electron chi connectivity index (χ4n) is 4.08. The number of fused-ring (bicyclic) bond motifs is 1. The third-order valence-corrected chi connectivity index (χ3v) is 5.80. The van der Waals surface area contributed by atoms with E-state index in [0.29, 0.717) is 22.2 Å². The number of benzene rings is 2. The van der Waals surface area contributed by atoms with Crippen molar-refractivity contribution in [3.8, 4) is 0 Å². The Balaban J connectivity index is 2.16. The van der Waals surface area contributed by atoms with Crippen molar-refractivity contribution in [1.82, 2.24) is 0 Å². The van der Waals surface area contributed by atoms with E-state index in [1.165, 1.54) is 0 Å². The highest BCUT2D eigenvalue weighted by Crippen LogP contribution is 2.55. The molecule has 31 heavy (non-hydrogen) atoms. The van der Waals surface area contributed by atoms with Gasteiger partial charge >= 0.3 is 12.1 Å². The SMILES string of the molecule is CCC1(c2ccccc2NC(=O)OC(C)C)Nc2cc(Cl)cc(Cl)c2C1C=CC(=O)O. The zero-order chi connectivity index (χ0) is 22.8. The van der Waals surface area contributed by atoms with Gasteiger partial charge in [0, 0.05) is 44.5 Å². The van der Waals surface area contributed by atoms with Crippen molar-refractivity contribution in [2.75, 3.05) is 10.6 Å². The van der Waals surface area contributed by atoms with Crippen LogP contribution in [0.5, 0.6) is 0 Å². The zero-order valence-corrected chi connectivity index (χ0v) is 18.9. The molecule has 2 unspecified atom stereocenters. The van der Waals surface area contributed by atoms with Gasteiger partial charge < -0.3 is 15.2 Å². The second kappa shape index (κ2) is 9.20. The molecule has 2 aromatic rings. The Bertz CT molecular complexity index is 1040. The van der Waals surface area contributed by atoms with Gasteiger partial charge in [0.15, 0.2) is 0 Å². The van der Waals surface area contributed by atoms with Crippen molar-refractivity contribution in [1.29, 1.82) is 0 Å². The molecule has 0 spiro atoms. The standard InChI is InChI=1S/C23H24Cl2N2O4/c1-4-23(15-7-5-6-8-18(15)26-22(30)31-13(2)3)16(9-10-20(28)29)21-17(25)11-14(24)12-19(21)27-23/h5-13,16,27H,4H2,1-3H3,(H,26,30)(H,28,29). The average molecular weight is 463 g/mol. The number of carbonyl (C=O) groups excluding carboxylic acids is 1. The first-order valence-electron chi connectivity index (χ1n) is 9.93. The van der Waals surface area contributed by atoms with Gasteiger partial charge in [-0.2, -0.15) is 0 Å². The summed E-state index contributed by atoms with van der Waals surface area (Å²) in [5.41, 5.74) is 2.04. The topological polar surface area (TPSA) is 87.7 Å². The first-order valence-corrected chi connectivity index (χ1v) is 10.7. The van der Waals surface area contributed by atoms with Crippen LogP contribution in [0.1, 0.15) is 44.2 Å². The minimum atomic E-state index is -1.06. The number of carboxylic acids is 1. The van der Waals surface area contributed by atoms with Crippen LogP contribution in [-0.2, 0) is 15.1 Å². The van der Waals surface area contributed by atoms with Crippen molar-refractivity contribution in [2.24, 2.45) is 0 Å². The minimum Gasteiger partial charge on any atom is -0.478 e. The maximum absolute atomic E-state index is 12.3. The number of para-hydroxylation sites is 1. The lowest BCUT2D eigenvalue weighted by Gasteiger charge is -2.36. The van der Waals surface area contributed by atoms with Crippen LogP contribution < -0.4 is 10.6 Å². The Morgan fingerprint density at radius 2 is 2.00 bits per heavy atom. The van der Waals surface area contributed by atoms with Crippen LogP contribution in [0.2, 0.25) is 10.0 Å². The number of carboxylic acid groups (broad SMARTS) is 1. The van der Waals surface area contributed by atoms with Gasteiger partial charge in [0.25, 0.3) is 0 Å². The van der Waals surface area contributed by atoms with E-state index in [1.54, 1.807) is 38.1 Å². The number of nitrogens with one attached hydrogen (secondary N) is 2. The van der Waals surface area contributed by atoms with Gasteiger partial charge in [-0.15, -0.1) is 0 Å². The van der Waals surface area contributed by atoms with E-state index < -0.39 is 23.5 Å². The maximum Gasteiger partial charge on any atom is 0.411 e. The number of carbonyl (C=O) groups is 2. The molecule has 3 N–H and O–H groups in total. The van der Waals surface area contributed by atoms with Crippen LogP contribution in [0.25, 0.3) is 0 Å². The zero-order valence-electron chi connectivity index (χ0n) is 17.4. The second-order valence-corrected chi connectivity index (χ2v) is 8.44. The average Bonchev–Trinajstić information content (AvgIpc) is 3.00. The lowest BCUT2D eigenvalue weighted by molar-refractivity contribution is -0.131. The minimum absolute atomic E-state index is 0.270. The number of aliphatic carboxylic acids is 1. The van der Waals surface area contributed by atoms with E-state index in [0.717, 1.165) is 22.9 Å². The van der Waals surface area contributed by atoms with E-state index in [-0.39, 0.29) is 6.10 Å². The lowest BCUT2D eigenvalue weighted by atomic mass is 9.74. The first kappa shape index (κ1) is 23.0. The second-order valence-electron chi connectivity index (χ2n) is 7.60. The first-order chi connectivity index (χ1) is 14.7. The Hall–Kier alpha value is -2.70. The van der Waals surface area contributed by atoms with E-state index >= 15 is 0 Å². The smallest absolute Gasteiger partial charge is 0.411 e. The quantitative estimate of drug-likeness (QED) is 0.431. The number of ether oxygens (including phenoxy) is 1. The number of halogens is 2. The van der Waals surface area contributed by atoms with Gasteiger partial charge in [-0.25, -0.2) is 9.59 Å². The summed E-state index contributed by atoms with van der Waals surface area (Å²) in [5.74, 6) is -1.48. The van der Waals surface area contributed by atoms with Crippen molar-refractivity contribution in [3.05, 3.63) is 69.7 Å². The van der Waals surface area contributed by atoms with E-state index in [9.17, 15) is 14.7 Å². The van der Waals surface area contributed by atoms with Gasteiger partial charge in [0.2, 0.25) is 0 Å². The summed E-state index contributed by atoms with van der Waals surface area (Å²) in [4.78, 5) is 23.6. The lowest BCUT2D eigenvalue weighted by Crippen LogP contribution is -2.37. The van der Waals surface area contributed by atoms with Gasteiger partial charge in [0.05, 0.1) is 11.6 Å². The molecule has 1 amide bonds. The van der Waals surface area contributed by atoms with E-state index in [4.69, 9.17) is 27.9 Å². The number of amides is 1. The highest BCUT2D eigenvalue weighted by atomic mass is 35.5. The van der Waals surface area contributed by atoms with Crippen molar-refractivity contribution >= 4 is 46.6 Å². The highest BCUT2D eigenvalue weighted by Gasteiger charge is 2.47. The fourth-order valence-corrected chi connectivity index (χ4v) is 4.69. The third-order valence-electron chi connectivity index (χ3n) is 5.27. The molecule has 164 valence electrons. The Labute approximate surface area is 191 Å². The predicted molar refractivity (Wildman–Crippen MR) is 123 cm³/mol. The summed E-state index contributed by atoms with van der Waals surface area (Å²) < 4.78 is 5.24. The Kier molecular flexibility index (Phi) is 6.82. The number of rotatable bonds is 6. The number of hydrogen-bond acceptors (Lipinski definition) is 4. The van der Waals surface area contributed by atoms with Crippen molar-refractivity contribution < 1.29 is 19.4 Å². The molecule has 0 bridgehead atoms. The van der Waals surface area contributed by atoms with Crippen LogP contribution >= 0.6 is 23.2 Å². The normalized spacial score (nSPS) is 19.9. The summed E-state index contributed by atoms with van der Waals surface area (Å²) in [5, 5.41) is 16.5. The Morgan fingerprint density at radius 3 is 2.65 bits per heavy atom. The van der Waals surface area contributed by atoms with Gasteiger partial charge in [-0.1, -0.05) is 54.4 Å². The predicted octanol–water partition coefficient (Wildman–Crippen LogP) is 6.41. The molecule has 0 fully saturated rings. The molecule has 1 aliphatic rings. The largest absolute Gasteiger partial charge is 0.478 e. The molecule has 2 atom stereocenters. The molecule has 0 saturated carbocycles. The summed E-state index contributed by atoms with van der Waals surface area (Å²) in [6.45, 7) is 5.53. The number of hydrogen-bond donors (Lipinski definition) is 3. The monoisotopic (exact) mass is 462 g/mol. The molecule has 0 radical (unpaired) electrons. The van der Waals surface area contributed by atoms with Gasteiger partial charge in [-0.3, -0.25) is 5.32 Å². The third kappa shape index (κ3) is 4.65. The molecule has 1 heterocycles. The molecule has 3 rings (SSSR count). The summed E-state index contributed by atoms with van der Waals surface area (Å²) in [6.07, 6.45) is 2.46. The molecule has 8 heteroatoms. The van der Waals surface area contributed by atoms with Gasteiger partial charge in [-0.05, 0) is 38.5 Å². The summed E-state index contributed by atoms with van der Waals surface area (Å²) in [7, 11) is 0. The van der Waals surface area contributed by atoms with E-state index in [2.05, 4.69) is 10.6 Å². The Morgan fingerprint density at radius 1 is 1.29 bits per heavy atom. The van der Waals surface area contributed by atoms with Crippen molar-refractivity contribution in [2.45, 2.75) is 44.8 Å². The van der Waals surface area contributed by atoms with Gasteiger partial charge in [0.1, 0.15) is 0 Å². The summed E-state index contributed by atoms with van der Waals surface area (Å²) >= 11 is 12.8. The highest BCUT2D eigenvalue weighted by molar-refractivity contribution is 6.36. The molecular formula is C23H24Cl2N2O4. The molecular weight excluding hydrogens is 439 g/mol. The summed E-state index contributed by atoms with van der Waals surface area (Å²) in [6, 6.07) is 10.8. The van der Waals surface area contributed by atoms with Crippen LogP contribution in [0.15, 0.2) is 48.6 Å². The van der Waals surface area contributed by atoms with Crippen LogP contribution in [0, 0.1) is 0 Å². The molecule has 0 aliphatic carbocycles. The van der Waals surface area contributed by atoms with Crippen LogP contribution in [-0.4, -0.2) is 23.3 Å². The van der Waals surface area contributed by atoms with Crippen LogP contribution in [0.4, 0.5) is 16.2 Å². The van der Waals surface area contributed by atoms with E-state index in [1.807, 2.05) is 25.1 Å². The maximum atomic E-state index is 12.3. The van der Waals surface area contributed by atoms with Crippen molar-refractivity contribution in [3.63, 3.8) is 0 Å². The molecule has 0 aromatic heterocycles.